The van der Waals surface area contributed by atoms with Crippen molar-refractivity contribution >= 4 is 35.3 Å². The highest BCUT2D eigenvalue weighted by Crippen LogP contribution is 2.29. The van der Waals surface area contributed by atoms with Crippen LogP contribution in [0.15, 0.2) is 35.3 Å². The molecule has 0 unspecified atom stereocenters. The average molecular weight is 422 g/mol. The van der Waals surface area contributed by atoms with Crippen molar-refractivity contribution in [1.29, 1.82) is 0 Å². The monoisotopic (exact) mass is 421 g/mol. The van der Waals surface area contributed by atoms with E-state index in [0.29, 0.717) is 17.0 Å². The zero-order chi connectivity index (χ0) is 19.1. The van der Waals surface area contributed by atoms with Crippen LogP contribution in [0.5, 0.6) is 0 Å². The molecule has 1 aliphatic heterocycles. The maximum absolute atomic E-state index is 13.0. The topological polar surface area (TPSA) is 68.6 Å². The minimum atomic E-state index is -0.0443. The van der Waals surface area contributed by atoms with Crippen LogP contribution in [0.1, 0.15) is 29.7 Å². The van der Waals surface area contributed by atoms with Crippen molar-refractivity contribution in [1.82, 2.24) is 14.2 Å². The molecule has 1 atom stereocenters. The molecule has 1 saturated heterocycles. The third-order valence-corrected chi connectivity index (χ3v) is 5.78. The minimum Gasteiger partial charge on any atom is -0.353 e. The zero-order valence-corrected chi connectivity index (χ0v) is 17.6. The number of aryl methyl sites for hydroxylation is 1. The van der Waals surface area contributed by atoms with Crippen LogP contribution in [0.2, 0.25) is 5.02 Å². The average Bonchev–Trinajstić information content (AvgIpc) is 3.00. The maximum Gasteiger partial charge on any atom is 0.276 e. The summed E-state index contributed by atoms with van der Waals surface area (Å²) >= 11 is 6.41. The van der Waals surface area contributed by atoms with E-state index in [1.807, 2.05) is 37.4 Å². The number of halogens is 2. The Balaban J connectivity index is 0.00000225. The highest BCUT2D eigenvalue weighted by molar-refractivity contribution is 6.31. The first-order chi connectivity index (χ1) is 13.0. The number of anilines is 1. The van der Waals surface area contributed by atoms with Gasteiger partial charge in [-0.05, 0) is 31.4 Å². The van der Waals surface area contributed by atoms with Gasteiger partial charge in [-0.2, -0.15) is 0 Å². The van der Waals surface area contributed by atoms with Gasteiger partial charge in [0.2, 0.25) is 0 Å². The van der Waals surface area contributed by atoms with Gasteiger partial charge in [0.15, 0.2) is 5.82 Å². The lowest BCUT2D eigenvalue weighted by molar-refractivity contribution is 0.502. The molecule has 0 aliphatic carbocycles. The predicted octanol–water partition coefficient (Wildman–Crippen LogP) is 2.93. The van der Waals surface area contributed by atoms with E-state index in [2.05, 4.69) is 4.90 Å². The quantitative estimate of drug-likeness (QED) is 0.705. The van der Waals surface area contributed by atoms with Gasteiger partial charge in [-0.25, -0.2) is 4.52 Å². The number of piperidine rings is 1. The van der Waals surface area contributed by atoms with Gasteiger partial charge < -0.3 is 15.2 Å². The standard InChI is InChI=1S/C20H24ClN5O.ClH/c1-13-11-26-18(20(27)24(13)2)16(10-14-6-3-4-8-17(14)21)19(23-26)25-9-5-7-15(22)12-25;/h3-4,6,8,11,15H,5,7,9-10,12,22H2,1-2H3;1H/t15-;/m1./s1. The first kappa shape index (κ1) is 20.7. The Morgan fingerprint density at radius 1 is 1.32 bits per heavy atom. The van der Waals surface area contributed by atoms with E-state index in [1.54, 1.807) is 16.1 Å². The second-order valence-corrected chi connectivity index (χ2v) is 7.75. The molecule has 0 spiro atoms. The first-order valence-corrected chi connectivity index (χ1v) is 9.65. The van der Waals surface area contributed by atoms with Gasteiger partial charge in [-0.3, -0.25) is 4.79 Å². The summed E-state index contributed by atoms with van der Waals surface area (Å²) in [5, 5.41) is 5.49. The van der Waals surface area contributed by atoms with Crippen LogP contribution in [0, 0.1) is 6.92 Å². The number of rotatable bonds is 3. The van der Waals surface area contributed by atoms with E-state index in [-0.39, 0.29) is 24.0 Å². The highest BCUT2D eigenvalue weighted by Gasteiger charge is 2.25. The van der Waals surface area contributed by atoms with Gasteiger partial charge in [-0.1, -0.05) is 29.8 Å². The predicted molar refractivity (Wildman–Crippen MR) is 116 cm³/mol. The zero-order valence-electron chi connectivity index (χ0n) is 16.1. The minimum absolute atomic E-state index is 0. The Bertz CT molecular complexity index is 1060. The van der Waals surface area contributed by atoms with Gasteiger partial charge in [0.25, 0.3) is 5.56 Å². The molecule has 0 amide bonds. The molecule has 0 saturated carbocycles. The van der Waals surface area contributed by atoms with Gasteiger partial charge in [0, 0.05) is 55.1 Å². The van der Waals surface area contributed by atoms with Crippen LogP contribution in [0.25, 0.3) is 5.52 Å². The SMILES string of the molecule is Cc1cn2nc(N3CCC[C@@H](N)C3)c(Cc3ccccc3Cl)c2c(=O)n1C.Cl. The summed E-state index contributed by atoms with van der Waals surface area (Å²) in [7, 11) is 1.79. The van der Waals surface area contributed by atoms with E-state index >= 15 is 0 Å². The third kappa shape index (κ3) is 3.64. The van der Waals surface area contributed by atoms with Gasteiger partial charge in [0.05, 0.1) is 0 Å². The van der Waals surface area contributed by atoms with E-state index in [0.717, 1.165) is 48.6 Å². The van der Waals surface area contributed by atoms with Crippen molar-refractivity contribution in [3.8, 4) is 0 Å². The number of hydrogen-bond donors (Lipinski definition) is 1. The molecule has 1 fully saturated rings. The van der Waals surface area contributed by atoms with Crippen LogP contribution < -0.4 is 16.2 Å². The van der Waals surface area contributed by atoms with Crippen molar-refractivity contribution in [3.63, 3.8) is 0 Å². The molecule has 0 bridgehead atoms. The van der Waals surface area contributed by atoms with E-state index in [9.17, 15) is 4.79 Å². The maximum atomic E-state index is 13.0. The number of fused-ring (bicyclic) bond motifs is 1. The highest BCUT2D eigenvalue weighted by atomic mass is 35.5. The number of hydrogen-bond acceptors (Lipinski definition) is 4. The summed E-state index contributed by atoms with van der Waals surface area (Å²) < 4.78 is 3.39. The van der Waals surface area contributed by atoms with E-state index in [4.69, 9.17) is 22.4 Å². The summed E-state index contributed by atoms with van der Waals surface area (Å²) in [5.41, 5.74) is 9.52. The van der Waals surface area contributed by atoms with Crippen LogP contribution in [-0.2, 0) is 13.5 Å². The second-order valence-electron chi connectivity index (χ2n) is 7.35. The summed E-state index contributed by atoms with van der Waals surface area (Å²) in [4.78, 5) is 15.2. The molecule has 2 aromatic heterocycles. The molecule has 1 aliphatic rings. The van der Waals surface area contributed by atoms with E-state index in [1.165, 1.54) is 0 Å². The fourth-order valence-corrected chi connectivity index (χ4v) is 4.01. The number of nitrogens with zero attached hydrogens (tertiary/aromatic N) is 4. The lowest BCUT2D eigenvalue weighted by Gasteiger charge is -2.31. The van der Waals surface area contributed by atoms with Crippen molar-refractivity contribution in [2.45, 2.75) is 32.2 Å². The lowest BCUT2D eigenvalue weighted by atomic mass is 10.0. The normalized spacial score (nSPS) is 17.0. The van der Waals surface area contributed by atoms with Crippen LogP contribution in [0.4, 0.5) is 5.82 Å². The van der Waals surface area contributed by atoms with Crippen molar-refractivity contribution in [2.24, 2.45) is 12.8 Å². The molecule has 3 heterocycles. The Morgan fingerprint density at radius 2 is 2.07 bits per heavy atom. The Morgan fingerprint density at radius 3 is 2.79 bits per heavy atom. The Kier molecular flexibility index (Phi) is 6.03. The van der Waals surface area contributed by atoms with Crippen LogP contribution in [0.3, 0.4) is 0 Å². The summed E-state index contributed by atoms with van der Waals surface area (Å²) in [6.07, 6.45) is 4.50. The number of benzene rings is 1. The van der Waals surface area contributed by atoms with Crippen molar-refractivity contribution in [2.75, 3.05) is 18.0 Å². The fraction of sp³-hybridized carbons (Fsp3) is 0.400. The fourth-order valence-electron chi connectivity index (χ4n) is 3.81. The summed E-state index contributed by atoms with van der Waals surface area (Å²) in [6.45, 7) is 3.55. The third-order valence-electron chi connectivity index (χ3n) is 5.42. The second kappa shape index (κ2) is 8.15. The van der Waals surface area contributed by atoms with Crippen LogP contribution >= 0.6 is 24.0 Å². The molecular weight excluding hydrogens is 397 g/mol. The largest absolute Gasteiger partial charge is 0.353 e. The molecule has 1 aromatic carbocycles. The Labute approximate surface area is 175 Å². The number of nitrogens with two attached hydrogens (primary N) is 1. The van der Waals surface area contributed by atoms with Gasteiger partial charge >= 0.3 is 0 Å². The molecule has 28 heavy (non-hydrogen) atoms. The Hall–Kier alpha value is -2.02. The van der Waals surface area contributed by atoms with Crippen molar-refractivity contribution < 1.29 is 0 Å². The molecule has 150 valence electrons. The summed E-state index contributed by atoms with van der Waals surface area (Å²) in [6, 6.07) is 7.87. The smallest absolute Gasteiger partial charge is 0.276 e. The lowest BCUT2D eigenvalue weighted by Crippen LogP contribution is -2.43. The molecule has 0 radical (unpaired) electrons. The van der Waals surface area contributed by atoms with Gasteiger partial charge in [-0.15, -0.1) is 17.5 Å². The molecule has 3 aromatic rings. The molecular formula is C20H25Cl2N5O. The molecule has 2 N–H and O–H groups in total. The summed E-state index contributed by atoms with van der Waals surface area (Å²) in [5.74, 6) is 0.841. The van der Waals surface area contributed by atoms with Crippen molar-refractivity contribution in [3.05, 3.63) is 62.7 Å². The van der Waals surface area contributed by atoms with Gasteiger partial charge in [0.1, 0.15) is 5.52 Å². The molecule has 6 nitrogen and oxygen atoms in total. The van der Waals surface area contributed by atoms with Crippen LogP contribution in [-0.4, -0.2) is 33.3 Å². The molecule has 4 rings (SSSR count). The molecule has 8 heteroatoms. The number of aromatic nitrogens is 3. The van der Waals surface area contributed by atoms with E-state index < -0.39 is 0 Å². The first-order valence-electron chi connectivity index (χ1n) is 9.27.